The summed E-state index contributed by atoms with van der Waals surface area (Å²) in [7, 11) is 0. The molecule has 2 aromatic carbocycles. The second kappa shape index (κ2) is 6.22. The Balaban J connectivity index is 1.66. The van der Waals surface area contributed by atoms with Crippen LogP contribution in [0.25, 0.3) is 5.69 Å². The molecule has 0 fully saturated rings. The molecule has 22 heavy (non-hydrogen) atoms. The van der Waals surface area contributed by atoms with Crippen LogP contribution in [0.2, 0.25) is 0 Å². The second-order valence-corrected chi connectivity index (χ2v) is 4.82. The zero-order valence-corrected chi connectivity index (χ0v) is 11.7. The molecule has 0 spiro atoms. The van der Waals surface area contributed by atoms with E-state index in [1.807, 2.05) is 36.5 Å². The summed E-state index contributed by atoms with van der Waals surface area (Å²) in [5.41, 5.74) is 1.97. The SMILES string of the molecule is O=C(Cc1ccc(-n2cccn2)cc1)Nc1ccccc1F. The first kappa shape index (κ1) is 14.0. The van der Waals surface area contributed by atoms with Gasteiger partial charge in [0, 0.05) is 12.4 Å². The molecule has 110 valence electrons. The van der Waals surface area contributed by atoms with E-state index in [1.54, 1.807) is 23.0 Å². The largest absolute Gasteiger partial charge is 0.323 e. The minimum atomic E-state index is -0.440. The molecule has 0 saturated heterocycles. The number of para-hydroxylation sites is 1. The van der Waals surface area contributed by atoms with E-state index in [9.17, 15) is 9.18 Å². The summed E-state index contributed by atoms with van der Waals surface area (Å²) in [6, 6.07) is 15.4. The van der Waals surface area contributed by atoms with E-state index in [0.717, 1.165) is 11.3 Å². The number of carbonyl (C=O) groups excluding carboxylic acids is 1. The lowest BCUT2D eigenvalue weighted by atomic mass is 10.1. The first-order valence-corrected chi connectivity index (χ1v) is 6.86. The van der Waals surface area contributed by atoms with Crippen LogP contribution in [0.1, 0.15) is 5.56 Å². The van der Waals surface area contributed by atoms with Crippen LogP contribution in [0, 0.1) is 5.82 Å². The van der Waals surface area contributed by atoms with Gasteiger partial charge in [-0.25, -0.2) is 9.07 Å². The number of aromatic nitrogens is 2. The predicted octanol–water partition coefficient (Wildman–Crippen LogP) is 3.19. The normalized spacial score (nSPS) is 10.4. The van der Waals surface area contributed by atoms with Crippen molar-refractivity contribution in [1.29, 1.82) is 0 Å². The van der Waals surface area contributed by atoms with Crippen molar-refractivity contribution in [2.24, 2.45) is 0 Å². The highest BCUT2D eigenvalue weighted by atomic mass is 19.1. The van der Waals surface area contributed by atoms with Gasteiger partial charge in [0.25, 0.3) is 0 Å². The maximum atomic E-state index is 13.5. The molecule has 0 saturated carbocycles. The Morgan fingerprint density at radius 1 is 1.09 bits per heavy atom. The van der Waals surface area contributed by atoms with E-state index in [2.05, 4.69) is 10.4 Å². The maximum absolute atomic E-state index is 13.5. The summed E-state index contributed by atoms with van der Waals surface area (Å²) in [5, 5.41) is 6.71. The minimum absolute atomic E-state index is 0.188. The Labute approximate surface area is 127 Å². The number of amides is 1. The van der Waals surface area contributed by atoms with E-state index >= 15 is 0 Å². The summed E-state index contributed by atoms with van der Waals surface area (Å²) in [5.74, 6) is -0.693. The van der Waals surface area contributed by atoms with Gasteiger partial charge in [-0.2, -0.15) is 5.10 Å². The van der Waals surface area contributed by atoms with Gasteiger partial charge < -0.3 is 5.32 Å². The number of halogens is 1. The summed E-state index contributed by atoms with van der Waals surface area (Å²) in [4.78, 5) is 12.0. The third kappa shape index (κ3) is 3.20. The Hall–Kier alpha value is -2.95. The first-order chi connectivity index (χ1) is 10.7. The maximum Gasteiger partial charge on any atom is 0.228 e. The van der Waals surface area contributed by atoms with Gasteiger partial charge in [0.05, 0.1) is 17.8 Å². The molecule has 1 amide bonds. The molecule has 3 rings (SSSR count). The standard InChI is InChI=1S/C17H14FN3O/c18-15-4-1-2-5-16(15)20-17(22)12-13-6-8-14(9-7-13)21-11-3-10-19-21/h1-11H,12H2,(H,20,22). The monoisotopic (exact) mass is 295 g/mol. The Bertz CT molecular complexity index is 767. The quantitative estimate of drug-likeness (QED) is 0.803. The number of anilines is 1. The van der Waals surface area contributed by atoms with Crippen molar-refractivity contribution in [2.75, 3.05) is 5.32 Å². The lowest BCUT2D eigenvalue weighted by Gasteiger charge is -2.07. The van der Waals surface area contributed by atoms with Gasteiger partial charge in [-0.1, -0.05) is 24.3 Å². The van der Waals surface area contributed by atoms with Crippen molar-refractivity contribution < 1.29 is 9.18 Å². The number of nitrogens with one attached hydrogen (secondary N) is 1. The second-order valence-electron chi connectivity index (χ2n) is 4.82. The molecular weight excluding hydrogens is 281 g/mol. The predicted molar refractivity (Wildman–Crippen MR) is 82.3 cm³/mol. The molecule has 0 atom stereocenters. The van der Waals surface area contributed by atoms with Crippen LogP contribution < -0.4 is 5.32 Å². The zero-order chi connectivity index (χ0) is 15.4. The number of benzene rings is 2. The van der Waals surface area contributed by atoms with Crippen molar-refractivity contribution >= 4 is 11.6 Å². The fraction of sp³-hybridized carbons (Fsp3) is 0.0588. The van der Waals surface area contributed by atoms with Crippen LogP contribution in [0.4, 0.5) is 10.1 Å². The van der Waals surface area contributed by atoms with Crippen LogP contribution in [0.3, 0.4) is 0 Å². The van der Waals surface area contributed by atoms with Crippen molar-refractivity contribution in [3.8, 4) is 5.69 Å². The van der Waals surface area contributed by atoms with E-state index in [0.29, 0.717) is 0 Å². The van der Waals surface area contributed by atoms with E-state index in [4.69, 9.17) is 0 Å². The average molecular weight is 295 g/mol. The molecule has 0 unspecified atom stereocenters. The third-order valence-electron chi connectivity index (χ3n) is 3.22. The molecule has 0 bridgehead atoms. The molecule has 0 aliphatic rings. The zero-order valence-electron chi connectivity index (χ0n) is 11.7. The number of hydrogen-bond donors (Lipinski definition) is 1. The summed E-state index contributed by atoms with van der Waals surface area (Å²) >= 11 is 0. The summed E-state index contributed by atoms with van der Waals surface area (Å²) in [6.45, 7) is 0. The topological polar surface area (TPSA) is 46.9 Å². The molecule has 0 aliphatic heterocycles. The van der Waals surface area contributed by atoms with E-state index in [-0.39, 0.29) is 18.0 Å². The van der Waals surface area contributed by atoms with Crippen LogP contribution in [-0.2, 0) is 11.2 Å². The fourth-order valence-electron chi connectivity index (χ4n) is 2.13. The van der Waals surface area contributed by atoms with Crippen molar-refractivity contribution in [3.63, 3.8) is 0 Å². The smallest absolute Gasteiger partial charge is 0.228 e. The van der Waals surface area contributed by atoms with Gasteiger partial charge in [-0.05, 0) is 35.9 Å². The highest BCUT2D eigenvalue weighted by Gasteiger charge is 2.07. The summed E-state index contributed by atoms with van der Waals surface area (Å²) < 4.78 is 15.2. The van der Waals surface area contributed by atoms with Crippen molar-refractivity contribution in [1.82, 2.24) is 9.78 Å². The number of carbonyl (C=O) groups is 1. The molecule has 1 aromatic heterocycles. The third-order valence-corrected chi connectivity index (χ3v) is 3.22. The highest BCUT2D eigenvalue weighted by molar-refractivity contribution is 5.92. The minimum Gasteiger partial charge on any atom is -0.323 e. The van der Waals surface area contributed by atoms with Crippen molar-refractivity contribution in [3.05, 3.63) is 78.4 Å². The molecule has 3 aromatic rings. The van der Waals surface area contributed by atoms with Gasteiger partial charge in [-0.15, -0.1) is 0 Å². The van der Waals surface area contributed by atoms with E-state index in [1.165, 1.54) is 12.1 Å². The summed E-state index contributed by atoms with van der Waals surface area (Å²) in [6.07, 6.45) is 3.74. The molecule has 1 N–H and O–H groups in total. The number of nitrogens with zero attached hydrogens (tertiary/aromatic N) is 2. The van der Waals surface area contributed by atoms with Crippen LogP contribution in [-0.4, -0.2) is 15.7 Å². The van der Waals surface area contributed by atoms with Crippen LogP contribution in [0.5, 0.6) is 0 Å². The molecule has 5 heteroatoms. The number of hydrogen-bond acceptors (Lipinski definition) is 2. The lowest BCUT2D eigenvalue weighted by molar-refractivity contribution is -0.115. The molecule has 0 radical (unpaired) electrons. The fourth-order valence-corrected chi connectivity index (χ4v) is 2.13. The van der Waals surface area contributed by atoms with Crippen molar-refractivity contribution in [2.45, 2.75) is 6.42 Å². The Morgan fingerprint density at radius 2 is 1.86 bits per heavy atom. The van der Waals surface area contributed by atoms with E-state index < -0.39 is 5.82 Å². The first-order valence-electron chi connectivity index (χ1n) is 6.86. The van der Waals surface area contributed by atoms with Gasteiger partial charge in [-0.3, -0.25) is 4.79 Å². The Kier molecular flexibility index (Phi) is 3.96. The van der Waals surface area contributed by atoms with Gasteiger partial charge in [0.2, 0.25) is 5.91 Å². The average Bonchev–Trinajstić information content (AvgIpc) is 3.05. The molecular formula is C17H14FN3O. The molecule has 4 nitrogen and oxygen atoms in total. The van der Waals surface area contributed by atoms with Gasteiger partial charge >= 0.3 is 0 Å². The van der Waals surface area contributed by atoms with Crippen LogP contribution in [0.15, 0.2) is 67.0 Å². The Morgan fingerprint density at radius 3 is 2.55 bits per heavy atom. The van der Waals surface area contributed by atoms with Crippen LogP contribution >= 0.6 is 0 Å². The highest BCUT2D eigenvalue weighted by Crippen LogP contribution is 2.14. The molecule has 1 heterocycles. The van der Waals surface area contributed by atoms with Gasteiger partial charge in [0.15, 0.2) is 0 Å². The lowest BCUT2D eigenvalue weighted by Crippen LogP contribution is -2.15. The number of rotatable bonds is 4. The van der Waals surface area contributed by atoms with Gasteiger partial charge in [0.1, 0.15) is 5.82 Å². The molecule has 0 aliphatic carbocycles.